The molecule has 63 heavy (non-hydrogen) atoms. The van der Waals surface area contributed by atoms with Crippen LogP contribution in [-0.2, 0) is 0 Å². The summed E-state index contributed by atoms with van der Waals surface area (Å²) in [5.74, 6) is 1.60. The minimum Gasteiger partial charge on any atom is -0.367 e. The van der Waals surface area contributed by atoms with Gasteiger partial charge in [-0.25, -0.2) is 19.9 Å². The highest BCUT2D eigenvalue weighted by Crippen LogP contribution is 2.35. The van der Waals surface area contributed by atoms with Crippen LogP contribution < -0.4 is 11.1 Å². The van der Waals surface area contributed by atoms with Crippen LogP contribution in [0.25, 0.3) is 22.8 Å². The van der Waals surface area contributed by atoms with Crippen LogP contribution >= 0.6 is 34.8 Å². The Morgan fingerprint density at radius 2 is 0.873 bits per heavy atom. The van der Waals surface area contributed by atoms with Gasteiger partial charge >= 0.3 is 0 Å². The first-order chi connectivity index (χ1) is 30.7. The molecule has 4 aromatic carbocycles. The van der Waals surface area contributed by atoms with Crippen LogP contribution in [0.4, 0.5) is 28.6 Å². The second-order valence-electron chi connectivity index (χ2n) is 14.8. The number of aromatic nitrogens is 4. The van der Waals surface area contributed by atoms with Crippen molar-refractivity contribution < 1.29 is 0 Å². The Hall–Kier alpha value is -5.29. The van der Waals surface area contributed by atoms with Crippen LogP contribution in [0.1, 0.15) is 0 Å². The van der Waals surface area contributed by atoms with E-state index in [1.165, 1.54) is 26.2 Å². The van der Waals surface area contributed by atoms with Gasteiger partial charge in [-0.15, -0.1) is 10.2 Å². The number of rotatable bonds is 12. The minimum absolute atomic E-state index is 0.165. The van der Waals surface area contributed by atoms with Gasteiger partial charge in [0.2, 0.25) is 0 Å². The molecule has 4 heterocycles. The molecule has 8 rings (SSSR count). The van der Waals surface area contributed by atoms with Gasteiger partial charge in [0.15, 0.2) is 44.3 Å². The highest BCUT2D eigenvalue weighted by Gasteiger charge is 2.17. The summed E-state index contributed by atoms with van der Waals surface area (Å²) in [6.45, 7) is 12.6. The van der Waals surface area contributed by atoms with E-state index < -0.39 is 0 Å². The molecule has 2 aromatic heterocycles. The van der Waals surface area contributed by atoms with E-state index in [0.717, 1.165) is 69.2 Å². The highest BCUT2D eigenvalue weighted by atomic mass is 35.5. The maximum atomic E-state index is 6.53. The Morgan fingerprint density at radius 1 is 0.492 bits per heavy atom. The lowest BCUT2D eigenvalue weighted by Gasteiger charge is -2.32. The molecule has 0 aliphatic carbocycles. The average Bonchev–Trinajstić information content (AvgIpc) is 3.31. The maximum absolute atomic E-state index is 6.53. The lowest BCUT2D eigenvalue weighted by atomic mass is 10.2. The van der Waals surface area contributed by atoms with Crippen LogP contribution in [0.2, 0.25) is 15.5 Å². The van der Waals surface area contributed by atoms with Gasteiger partial charge in [0.05, 0.1) is 11.4 Å². The summed E-state index contributed by atoms with van der Waals surface area (Å²) in [5.41, 5.74) is 9.32. The molecule has 3 N–H and O–H groups in total. The molecule has 0 saturated carbocycles. The average molecular weight is 908 g/mol. The van der Waals surface area contributed by atoms with Gasteiger partial charge < -0.3 is 20.9 Å². The predicted octanol–water partition coefficient (Wildman–Crippen LogP) is 9.93. The standard InChI is InChI=1S/C23H26ClN7.C16H10Cl2N4.C7H17N3/c1-30-14-16-31(17-15-30)13-12-25-23-20(29-28-19-10-6-3-7-11-19)21(24)26-22(27-23)18-8-4-2-5-9-18;17-14-13(22-21-12-9-5-2-6-10-12)15(18)20-16(19-14)11-7-3-1-4-8-11;1-9-4-6-10(3-2-8)7-5-9/h2-11H,12-17H2,1H3,(H,25,26,27);1-10H;2-8H2,1H3. The van der Waals surface area contributed by atoms with E-state index in [0.29, 0.717) is 28.8 Å². The second kappa shape index (κ2) is 25.1. The first kappa shape index (κ1) is 47.2. The number of nitrogens with zero attached hydrogens (tertiary/aromatic N) is 12. The zero-order valence-corrected chi connectivity index (χ0v) is 37.9. The lowest BCUT2D eigenvalue weighted by Crippen LogP contribution is -2.45. The Kier molecular flexibility index (Phi) is 18.8. The van der Waals surface area contributed by atoms with Crippen molar-refractivity contribution in [3.05, 3.63) is 137 Å². The molecule has 0 radical (unpaired) electrons. The monoisotopic (exact) mass is 906 g/mol. The third-order valence-electron chi connectivity index (χ3n) is 10.1. The third-order valence-corrected chi connectivity index (χ3v) is 10.9. The first-order valence-corrected chi connectivity index (χ1v) is 22.0. The number of benzene rings is 4. The molecule has 0 spiro atoms. The van der Waals surface area contributed by atoms with Gasteiger partial charge in [0, 0.05) is 89.7 Å². The van der Waals surface area contributed by atoms with Crippen LogP contribution in [0.5, 0.6) is 0 Å². The van der Waals surface area contributed by atoms with Crippen molar-refractivity contribution in [1.29, 1.82) is 0 Å². The molecule has 0 bridgehead atoms. The molecule has 6 aromatic rings. The van der Waals surface area contributed by atoms with E-state index in [1.807, 2.05) is 121 Å². The topological polar surface area (TPSA) is 152 Å². The molecular formula is C46H53Cl3N14. The number of piperazine rings is 2. The Bertz CT molecular complexity index is 2300. The van der Waals surface area contributed by atoms with Gasteiger partial charge in [-0.1, -0.05) is 132 Å². The molecule has 2 aliphatic rings. The molecule has 0 unspecified atom stereocenters. The molecule has 2 saturated heterocycles. The normalized spacial score (nSPS) is 15.1. The van der Waals surface area contributed by atoms with Crippen molar-refractivity contribution in [1.82, 2.24) is 39.5 Å². The fourth-order valence-corrected chi connectivity index (χ4v) is 7.09. The fourth-order valence-electron chi connectivity index (χ4n) is 6.42. The number of nitrogens with one attached hydrogen (secondary N) is 1. The number of halogens is 3. The molecule has 17 heteroatoms. The summed E-state index contributed by atoms with van der Waals surface area (Å²) in [7, 11) is 4.33. The maximum Gasteiger partial charge on any atom is 0.165 e. The number of azo groups is 2. The summed E-state index contributed by atoms with van der Waals surface area (Å²) in [6, 6.07) is 38.1. The van der Waals surface area contributed by atoms with Crippen molar-refractivity contribution in [2.75, 3.05) is 97.9 Å². The van der Waals surface area contributed by atoms with Gasteiger partial charge in [0.1, 0.15) is 0 Å². The Morgan fingerprint density at radius 3 is 1.32 bits per heavy atom. The predicted molar refractivity (Wildman–Crippen MR) is 257 cm³/mol. The third kappa shape index (κ3) is 15.2. The molecule has 0 amide bonds. The molecule has 14 nitrogen and oxygen atoms in total. The van der Waals surface area contributed by atoms with E-state index in [2.05, 4.69) is 74.4 Å². The van der Waals surface area contributed by atoms with Gasteiger partial charge in [-0.05, 0) is 38.4 Å². The zero-order chi connectivity index (χ0) is 44.2. The molecule has 0 atom stereocenters. The number of nitrogens with two attached hydrogens (primary N) is 1. The smallest absolute Gasteiger partial charge is 0.165 e. The van der Waals surface area contributed by atoms with Crippen molar-refractivity contribution in [3.63, 3.8) is 0 Å². The van der Waals surface area contributed by atoms with Gasteiger partial charge in [-0.2, -0.15) is 10.2 Å². The van der Waals surface area contributed by atoms with Crippen molar-refractivity contribution in [3.8, 4) is 22.8 Å². The van der Waals surface area contributed by atoms with Crippen LogP contribution in [0.15, 0.2) is 142 Å². The molecule has 2 aliphatic heterocycles. The summed E-state index contributed by atoms with van der Waals surface area (Å²) in [5, 5.41) is 20.8. The van der Waals surface area contributed by atoms with E-state index in [1.54, 1.807) is 0 Å². The number of hydrogen-bond acceptors (Lipinski definition) is 14. The largest absolute Gasteiger partial charge is 0.367 e. The SMILES string of the molecule is CN1CCN(CCN)CC1.CN1CCN(CCNc2nc(-c3ccccc3)nc(Cl)c2N=Nc2ccccc2)CC1.Clc1nc(-c2ccccc2)nc(Cl)c1N=Nc1ccccc1. The van der Waals surface area contributed by atoms with Crippen LogP contribution in [0.3, 0.4) is 0 Å². The van der Waals surface area contributed by atoms with Gasteiger partial charge in [-0.3, -0.25) is 9.80 Å². The summed E-state index contributed by atoms with van der Waals surface area (Å²) < 4.78 is 0. The van der Waals surface area contributed by atoms with E-state index in [4.69, 9.17) is 45.5 Å². The molecule has 2 fully saturated rings. The summed E-state index contributed by atoms with van der Waals surface area (Å²) >= 11 is 18.9. The highest BCUT2D eigenvalue weighted by molar-refractivity contribution is 6.37. The van der Waals surface area contributed by atoms with E-state index >= 15 is 0 Å². The van der Waals surface area contributed by atoms with Gasteiger partial charge in [0.25, 0.3) is 0 Å². The van der Waals surface area contributed by atoms with E-state index in [9.17, 15) is 0 Å². The molecule has 328 valence electrons. The molecular weight excluding hydrogens is 855 g/mol. The first-order valence-electron chi connectivity index (χ1n) is 20.9. The van der Waals surface area contributed by atoms with Crippen LogP contribution in [-0.4, -0.2) is 132 Å². The number of hydrogen-bond donors (Lipinski definition) is 2. The zero-order valence-electron chi connectivity index (χ0n) is 35.6. The lowest BCUT2D eigenvalue weighted by molar-refractivity contribution is 0.157. The number of likely N-dealkylation sites (N-methyl/N-ethyl adjacent to an activating group) is 2. The quantitative estimate of drug-likeness (QED) is 0.0897. The summed E-state index contributed by atoms with van der Waals surface area (Å²) in [6.07, 6.45) is 0. The fraction of sp³-hybridized carbons (Fsp3) is 0.304. The Labute approximate surface area is 384 Å². The second-order valence-corrected chi connectivity index (χ2v) is 15.9. The summed E-state index contributed by atoms with van der Waals surface area (Å²) in [4.78, 5) is 27.2. The van der Waals surface area contributed by atoms with Crippen molar-refractivity contribution in [2.45, 2.75) is 0 Å². The van der Waals surface area contributed by atoms with Crippen molar-refractivity contribution in [2.24, 2.45) is 26.2 Å². The van der Waals surface area contributed by atoms with Crippen LogP contribution in [0, 0.1) is 0 Å². The van der Waals surface area contributed by atoms with Crippen molar-refractivity contribution >= 4 is 63.4 Å². The number of anilines is 1. The Balaban J connectivity index is 0.000000178. The van der Waals surface area contributed by atoms with E-state index in [-0.39, 0.29) is 21.1 Å². The minimum atomic E-state index is 0.165.